The fraction of sp³-hybridized carbons (Fsp3) is 0.767. The number of furan rings is 1. The minimum absolute atomic E-state index is 0.0591. The molecule has 236 valence electrons. The summed E-state index contributed by atoms with van der Waals surface area (Å²) in [5, 5.41) is 7.12. The zero-order chi connectivity index (χ0) is 30.3. The van der Waals surface area contributed by atoms with Crippen LogP contribution >= 0.6 is 0 Å². The van der Waals surface area contributed by atoms with Gasteiger partial charge in [-0.2, -0.15) is 13.2 Å². The van der Waals surface area contributed by atoms with Gasteiger partial charge in [-0.15, -0.1) is 0 Å². The van der Waals surface area contributed by atoms with Crippen LogP contribution in [0.3, 0.4) is 0 Å². The van der Waals surface area contributed by atoms with Crippen molar-refractivity contribution in [3.63, 3.8) is 0 Å². The quantitative estimate of drug-likeness (QED) is 0.414. The number of nitrogens with zero attached hydrogens (tertiary/aromatic N) is 3. The molecule has 4 fully saturated rings. The van der Waals surface area contributed by atoms with E-state index < -0.39 is 12.1 Å². The highest BCUT2D eigenvalue weighted by atomic mass is 19.4. The van der Waals surface area contributed by atoms with Crippen LogP contribution in [0.4, 0.5) is 18.0 Å². The van der Waals surface area contributed by atoms with Crippen LogP contribution in [0.15, 0.2) is 23.0 Å². The van der Waals surface area contributed by atoms with E-state index >= 15 is 0 Å². The molecule has 1 spiro atoms. The highest BCUT2D eigenvalue weighted by Crippen LogP contribution is 2.43. The molecule has 4 aliphatic rings. The lowest BCUT2D eigenvalue weighted by Crippen LogP contribution is -2.56. The zero-order valence-corrected chi connectivity index (χ0v) is 24.4. The molecule has 1 N–H and O–H groups in total. The van der Waals surface area contributed by atoms with E-state index in [0.29, 0.717) is 17.5 Å². The standard InChI is InChI=1S/C28H43N3O4.C2HF3O2/c1-2-3-9-25-28(35-27(33)31(25)20-22-7-5-4-6-8-22)13-17-29(18-14-28)24-10-15-30(16-11-24)26(32)23-12-19-34-21-23;3-2(4,5)1(6)7/h12,19,21-22,24-25H,2-11,13-18,20H2,1H3;(H,6,7). The second kappa shape index (κ2) is 14.1. The molecule has 2 amide bonds. The van der Waals surface area contributed by atoms with E-state index in [1.165, 1.54) is 38.4 Å². The molecule has 3 saturated heterocycles. The number of carboxylic acid groups (broad SMARTS) is 1. The Balaban J connectivity index is 0.000000517. The van der Waals surface area contributed by atoms with Crippen molar-refractivity contribution in [2.24, 2.45) is 5.92 Å². The summed E-state index contributed by atoms with van der Waals surface area (Å²) < 4.78 is 43.1. The maximum atomic E-state index is 13.1. The van der Waals surface area contributed by atoms with Gasteiger partial charge in [-0.05, 0) is 44.1 Å². The Morgan fingerprint density at radius 3 is 2.24 bits per heavy atom. The van der Waals surface area contributed by atoms with Crippen molar-refractivity contribution < 1.29 is 41.8 Å². The molecule has 9 nitrogen and oxygen atoms in total. The molecule has 0 bridgehead atoms. The average Bonchev–Trinajstić information content (AvgIpc) is 3.60. The molecular formula is C30H44F3N3O6. The molecule has 3 aliphatic heterocycles. The van der Waals surface area contributed by atoms with Gasteiger partial charge < -0.3 is 24.1 Å². The Kier molecular flexibility index (Phi) is 10.8. The van der Waals surface area contributed by atoms with Crippen LogP contribution < -0.4 is 0 Å². The van der Waals surface area contributed by atoms with E-state index in [9.17, 15) is 22.8 Å². The van der Waals surface area contributed by atoms with E-state index in [2.05, 4.69) is 16.7 Å². The third-order valence-corrected chi connectivity index (χ3v) is 9.44. The molecular weight excluding hydrogens is 555 g/mol. The number of hydrogen-bond donors (Lipinski definition) is 1. The van der Waals surface area contributed by atoms with E-state index in [0.717, 1.165) is 77.7 Å². The summed E-state index contributed by atoms with van der Waals surface area (Å²) in [6.45, 7) is 6.67. The van der Waals surface area contributed by atoms with Crippen LogP contribution in [0.1, 0.15) is 94.3 Å². The fourth-order valence-corrected chi connectivity index (χ4v) is 7.08. The molecule has 1 aliphatic carbocycles. The number of alkyl halides is 3. The van der Waals surface area contributed by atoms with E-state index in [1.807, 2.05) is 4.90 Å². The monoisotopic (exact) mass is 599 g/mol. The van der Waals surface area contributed by atoms with Gasteiger partial charge in [-0.25, -0.2) is 9.59 Å². The number of likely N-dealkylation sites (tertiary alicyclic amines) is 2. The third-order valence-electron chi connectivity index (χ3n) is 9.44. The number of amides is 2. The van der Waals surface area contributed by atoms with Crippen molar-refractivity contribution in [2.45, 2.75) is 108 Å². The second-order valence-corrected chi connectivity index (χ2v) is 12.1. The van der Waals surface area contributed by atoms with Crippen LogP contribution in [0, 0.1) is 5.92 Å². The number of carboxylic acids is 1. The highest BCUT2D eigenvalue weighted by molar-refractivity contribution is 5.93. The molecule has 1 aromatic heterocycles. The largest absolute Gasteiger partial charge is 0.490 e. The Bertz CT molecular complexity index is 1030. The number of rotatable bonds is 7. The minimum atomic E-state index is -5.08. The van der Waals surface area contributed by atoms with Gasteiger partial charge in [0.2, 0.25) is 0 Å². The number of aliphatic carboxylic acids is 1. The van der Waals surface area contributed by atoms with Gasteiger partial charge in [0.25, 0.3) is 5.91 Å². The summed E-state index contributed by atoms with van der Waals surface area (Å²) >= 11 is 0. The van der Waals surface area contributed by atoms with Gasteiger partial charge in [0, 0.05) is 51.6 Å². The van der Waals surface area contributed by atoms with Crippen LogP contribution in [0.2, 0.25) is 0 Å². The molecule has 1 saturated carbocycles. The van der Waals surface area contributed by atoms with Crippen molar-refractivity contribution >= 4 is 18.0 Å². The number of ether oxygens (including phenoxy) is 1. The number of unbranched alkanes of at least 4 members (excludes halogenated alkanes) is 1. The summed E-state index contributed by atoms with van der Waals surface area (Å²) in [6, 6.07) is 2.48. The van der Waals surface area contributed by atoms with E-state index in [-0.39, 0.29) is 23.6 Å². The Morgan fingerprint density at radius 2 is 1.69 bits per heavy atom. The zero-order valence-electron chi connectivity index (χ0n) is 24.4. The lowest BCUT2D eigenvalue weighted by atomic mass is 9.80. The minimum Gasteiger partial charge on any atom is -0.475 e. The van der Waals surface area contributed by atoms with Crippen molar-refractivity contribution in [3.8, 4) is 0 Å². The molecule has 12 heteroatoms. The normalized spacial score (nSPS) is 23.9. The molecule has 1 unspecified atom stereocenters. The number of carbonyl (C=O) groups excluding carboxylic acids is 2. The molecule has 1 atom stereocenters. The number of hydrogen-bond acceptors (Lipinski definition) is 6. The maximum Gasteiger partial charge on any atom is 0.490 e. The van der Waals surface area contributed by atoms with Crippen LogP contribution in [0.25, 0.3) is 0 Å². The summed E-state index contributed by atoms with van der Waals surface area (Å²) in [6.07, 6.45) is 11.7. The molecule has 0 aromatic carbocycles. The molecule has 4 heterocycles. The molecule has 42 heavy (non-hydrogen) atoms. The lowest BCUT2D eigenvalue weighted by molar-refractivity contribution is -0.192. The summed E-state index contributed by atoms with van der Waals surface area (Å²) in [5.74, 6) is -2.04. The van der Waals surface area contributed by atoms with Crippen LogP contribution in [0.5, 0.6) is 0 Å². The fourth-order valence-electron chi connectivity index (χ4n) is 7.08. The second-order valence-electron chi connectivity index (χ2n) is 12.1. The topological polar surface area (TPSA) is 104 Å². The van der Waals surface area contributed by atoms with Gasteiger partial charge in [0.1, 0.15) is 11.9 Å². The Morgan fingerprint density at radius 1 is 1.05 bits per heavy atom. The molecule has 1 aromatic rings. The number of piperidine rings is 2. The predicted octanol–water partition coefficient (Wildman–Crippen LogP) is 5.94. The first-order chi connectivity index (χ1) is 20.0. The van der Waals surface area contributed by atoms with Crippen molar-refractivity contribution in [2.75, 3.05) is 32.7 Å². The van der Waals surface area contributed by atoms with Gasteiger partial charge in [0.05, 0.1) is 17.9 Å². The SMILES string of the molecule is CCCCC1N(CC2CCCCC2)C(=O)OC12CCN(C1CCN(C(=O)c3ccoc3)CC1)CC2.O=C(O)C(F)(F)F. The summed E-state index contributed by atoms with van der Waals surface area (Å²) in [5.41, 5.74) is 0.331. The third kappa shape index (κ3) is 7.79. The van der Waals surface area contributed by atoms with Gasteiger partial charge in [0.15, 0.2) is 0 Å². The Hall–Kier alpha value is -2.76. The average molecular weight is 600 g/mol. The van der Waals surface area contributed by atoms with E-state index in [1.54, 1.807) is 12.3 Å². The summed E-state index contributed by atoms with van der Waals surface area (Å²) in [4.78, 5) is 41.3. The van der Waals surface area contributed by atoms with Crippen LogP contribution in [-0.2, 0) is 9.53 Å². The molecule has 0 radical (unpaired) electrons. The van der Waals surface area contributed by atoms with Crippen LogP contribution in [-0.4, -0.2) is 94.4 Å². The van der Waals surface area contributed by atoms with Crippen molar-refractivity contribution in [1.29, 1.82) is 0 Å². The number of carbonyl (C=O) groups is 3. The van der Waals surface area contributed by atoms with Gasteiger partial charge >= 0.3 is 18.2 Å². The maximum absolute atomic E-state index is 13.1. The first-order valence-electron chi connectivity index (χ1n) is 15.4. The lowest BCUT2D eigenvalue weighted by Gasteiger charge is -2.46. The van der Waals surface area contributed by atoms with Gasteiger partial charge in [-0.3, -0.25) is 9.69 Å². The smallest absolute Gasteiger partial charge is 0.475 e. The van der Waals surface area contributed by atoms with Gasteiger partial charge in [-0.1, -0.05) is 39.0 Å². The first kappa shape index (κ1) is 32.2. The summed E-state index contributed by atoms with van der Waals surface area (Å²) in [7, 11) is 0. The van der Waals surface area contributed by atoms with E-state index in [4.69, 9.17) is 19.1 Å². The highest BCUT2D eigenvalue weighted by Gasteiger charge is 2.55. The molecule has 5 rings (SSSR count). The predicted molar refractivity (Wildman–Crippen MR) is 148 cm³/mol. The van der Waals surface area contributed by atoms with Crippen molar-refractivity contribution in [1.82, 2.24) is 14.7 Å². The van der Waals surface area contributed by atoms with Crippen molar-refractivity contribution in [3.05, 3.63) is 24.2 Å². The number of halogens is 3. The first-order valence-corrected chi connectivity index (χ1v) is 15.4. The Labute approximate surface area is 245 Å².